The van der Waals surface area contributed by atoms with Gasteiger partial charge in [0, 0.05) is 10.6 Å². The molecule has 0 bridgehead atoms. The van der Waals surface area contributed by atoms with Gasteiger partial charge in [-0.25, -0.2) is 0 Å². The molecule has 4 nitrogen and oxygen atoms in total. The quantitative estimate of drug-likeness (QED) is 0.703. The summed E-state index contributed by atoms with van der Waals surface area (Å²) < 4.78 is 10.7. The first-order valence-corrected chi connectivity index (χ1v) is 6.94. The van der Waals surface area contributed by atoms with Gasteiger partial charge in [0.1, 0.15) is 5.75 Å². The van der Waals surface area contributed by atoms with Crippen molar-refractivity contribution in [2.24, 2.45) is 0 Å². The molecule has 3 aromatic rings. The van der Waals surface area contributed by atoms with Crippen molar-refractivity contribution in [3.05, 3.63) is 64.5 Å². The third kappa shape index (κ3) is 3.35. The molecule has 3 rings (SSSR count). The van der Waals surface area contributed by atoms with Crippen LogP contribution in [0.4, 0.5) is 0 Å². The third-order valence-electron chi connectivity index (χ3n) is 2.74. The Bertz CT molecular complexity index is 759. The van der Waals surface area contributed by atoms with E-state index in [2.05, 4.69) is 10.1 Å². The maximum Gasteiger partial charge on any atom is 0.264 e. The number of aromatic nitrogens is 2. The first-order valence-electron chi connectivity index (χ1n) is 6.18. The molecule has 0 spiro atoms. The second-order valence-electron chi connectivity index (χ2n) is 4.24. The lowest BCUT2D eigenvalue weighted by molar-refractivity contribution is 0.243. The van der Waals surface area contributed by atoms with E-state index >= 15 is 0 Å². The third-order valence-corrected chi connectivity index (χ3v) is 3.29. The molecule has 0 saturated heterocycles. The zero-order valence-electron chi connectivity index (χ0n) is 10.8. The summed E-state index contributed by atoms with van der Waals surface area (Å²) in [7, 11) is 0. The second-order valence-corrected chi connectivity index (χ2v) is 5.08. The molecule has 0 atom stereocenters. The number of para-hydroxylation sites is 1. The molecule has 1 aromatic heterocycles. The van der Waals surface area contributed by atoms with Crippen molar-refractivity contribution in [1.82, 2.24) is 10.1 Å². The average molecular weight is 321 g/mol. The van der Waals surface area contributed by atoms with Gasteiger partial charge in [-0.05, 0) is 24.3 Å². The number of halogens is 2. The standard InChI is InChI=1S/C15H10Cl2N2O2/c16-11-5-3-4-10(8-11)15-18-14(21-19-15)9-20-13-7-2-1-6-12(13)17/h1-8H,9H2. The van der Waals surface area contributed by atoms with Gasteiger partial charge in [0.25, 0.3) is 5.89 Å². The number of hydrogen-bond donors (Lipinski definition) is 0. The number of rotatable bonds is 4. The highest BCUT2D eigenvalue weighted by Gasteiger charge is 2.10. The smallest absolute Gasteiger partial charge is 0.264 e. The molecule has 0 aliphatic carbocycles. The Morgan fingerprint density at radius 1 is 1.05 bits per heavy atom. The van der Waals surface area contributed by atoms with Crippen LogP contribution in [0.25, 0.3) is 11.4 Å². The van der Waals surface area contributed by atoms with Gasteiger partial charge in [-0.3, -0.25) is 0 Å². The Morgan fingerprint density at radius 2 is 1.90 bits per heavy atom. The molecule has 0 aliphatic rings. The monoisotopic (exact) mass is 320 g/mol. The normalized spacial score (nSPS) is 10.6. The number of ether oxygens (including phenoxy) is 1. The van der Waals surface area contributed by atoms with Crippen molar-refractivity contribution in [3.63, 3.8) is 0 Å². The molecular weight excluding hydrogens is 311 g/mol. The summed E-state index contributed by atoms with van der Waals surface area (Å²) in [5.74, 6) is 1.40. The lowest BCUT2D eigenvalue weighted by Gasteiger charge is -2.04. The average Bonchev–Trinajstić information content (AvgIpc) is 2.95. The Hall–Kier alpha value is -2.04. The molecule has 1 heterocycles. The van der Waals surface area contributed by atoms with Crippen LogP contribution in [-0.4, -0.2) is 10.1 Å². The van der Waals surface area contributed by atoms with E-state index in [1.165, 1.54) is 0 Å². The molecule has 21 heavy (non-hydrogen) atoms. The zero-order chi connectivity index (χ0) is 14.7. The largest absolute Gasteiger partial charge is 0.482 e. The van der Waals surface area contributed by atoms with Crippen LogP contribution in [-0.2, 0) is 6.61 Å². The van der Waals surface area contributed by atoms with Gasteiger partial charge in [0.2, 0.25) is 5.82 Å². The molecule has 0 amide bonds. The fourth-order valence-electron chi connectivity index (χ4n) is 1.76. The van der Waals surface area contributed by atoms with Crippen LogP contribution in [0, 0.1) is 0 Å². The van der Waals surface area contributed by atoms with Crippen LogP contribution in [0.5, 0.6) is 5.75 Å². The highest BCUT2D eigenvalue weighted by Crippen LogP contribution is 2.24. The van der Waals surface area contributed by atoms with Crippen molar-refractivity contribution < 1.29 is 9.26 Å². The van der Waals surface area contributed by atoms with Crippen molar-refractivity contribution >= 4 is 23.2 Å². The first kappa shape index (κ1) is 13.9. The molecule has 0 aliphatic heterocycles. The fraction of sp³-hybridized carbons (Fsp3) is 0.0667. The Kier molecular flexibility index (Phi) is 4.08. The summed E-state index contributed by atoms with van der Waals surface area (Å²) in [6.07, 6.45) is 0. The Balaban J connectivity index is 1.72. The maximum absolute atomic E-state index is 6.00. The Labute approximate surface area is 131 Å². The number of hydrogen-bond acceptors (Lipinski definition) is 4. The van der Waals surface area contributed by atoms with Crippen molar-refractivity contribution in [1.29, 1.82) is 0 Å². The highest BCUT2D eigenvalue weighted by atomic mass is 35.5. The number of benzene rings is 2. The van der Waals surface area contributed by atoms with E-state index in [-0.39, 0.29) is 6.61 Å². The van der Waals surface area contributed by atoms with Gasteiger partial charge >= 0.3 is 0 Å². The molecule has 0 fully saturated rings. The predicted molar refractivity (Wildman–Crippen MR) is 80.5 cm³/mol. The van der Waals surface area contributed by atoms with Crippen LogP contribution in [0.15, 0.2) is 53.1 Å². The van der Waals surface area contributed by atoms with Gasteiger partial charge < -0.3 is 9.26 Å². The van der Waals surface area contributed by atoms with E-state index in [0.717, 1.165) is 5.56 Å². The summed E-state index contributed by atoms with van der Waals surface area (Å²) in [4.78, 5) is 4.26. The van der Waals surface area contributed by atoms with Crippen molar-refractivity contribution in [2.45, 2.75) is 6.61 Å². The van der Waals surface area contributed by atoms with Crippen LogP contribution in [0.3, 0.4) is 0 Å². The highest BCUT2D eigenvalue weighted by molar-refractivity contribution is 6.32. The minimum absolute atomic E-state index is 0.150. The van der Waals surface area contributed by atoms with E-state index in [4.69, 9.17) is 32.5 Å². The van der Waals surface area contributed by atoms with Gasteiger partial charge in [-0.2, -0.15) is 4.98 Å². The molecule has 2 aromatic carbocycles. The van der Waals surface area contributed by atoms with E-state index in [9.17, 15) is 0 Å². The van der Waals surface area contributed by atoms with Gasteiger partial charge in [-0.1, -0.05) is 52.6 Å². The van der Waals surface area contributed by atoms with Gasteiger partial charge in [0.15, 0.2) is 6.61 Å². The topological polar surface area (TPSA) is 48.2 Å². The van der Waals surface area contributed by atoms with Crippen LogP contribution < -0.4 is 4.74 Å². The lowest BCUT2D eigenvalue weighted by Crippen LogP contribution is -1.96. The summed E-state index contributed by atoms with van der Waals surface area (Å²) >= 11 is 11.9. The van der Waals surface area contributed by atoms with Crippen LogP contribution in [0.2, 0.25) is 10.0 Å². The van der Waals surface area contributed by atoms with Gasteiger partial charge in [-0.15, -0.1) is 0 Å². The van der Waals surface area contributed by atoms with Gasteiger partial charge in [0.05, 0.1) is 5.02 Å². The van der Waals surface area contributed by atoms with E-state index in [1.807, 2.05) is 24.3 Å². The summed E-state index contributed by atoms with van der Waals surface area (Å²) in [5, 5.41) is 5.06. The van der Waals surface area contributed by atoms with E-state index in [1.54, 1.807) is 24.3 Å². The van der Waals surface area contributed by atoms with Crippen molar-refractivity contribution in [2.75, 3.05) is 0 Å². The molecule has 0 N–H and O–H groups in total. The van der Waals surface area contributed by atoms with E-state index in [0.29, 0.717) is 27.5 Å². The fourth-order valence-corrected chi connectivity index (χ4v) is 2.14. The summed E-state index contributed by atoms with van der Waals surface area (Å²) in [6, 6.07) is 14.4. The summed E-state index contributed by atoms with van der Waals surface area (Å²) in [6.45, 7) is 0.150. The number of nitrogens with zero attached hydrogens (tertiary/aromatic N) is 2. The molecular formula is C15H10Cl2N2O2. The SMILES string of the molecule is Clc1cccc(-c2noc(COc3ccccc3Cl)n2)c1. The van der Waals surface area contributed by atoms with Crippen LogP contribution >= 0.6 is 23.2 Å². The maximum atomic E-state index is 6.00. The predicted octanol–water partition coefficient (Wildman–Crippen LogP) is 4.62. The van der Waals surface area contributed by atoms with E-state index < -0.39 is 0 Å². The summed E-state index contributed by atoms with van der Waals surface area (Å²) in [5.41, 5.74) is 0.787. The minimum atomic E-state index is 0.150. The second kappa shape index (κ2) is 6.16. The molecule has 106 valence electrons. The molecule has 0 saturated carbocycles. The zero-order valence-corrected chi connectivity index (χ0v) is 12.3. The lowest BCUT2D eigenvalue weighted by atomic mass is 10.2. The first-order chi connectivity index (χ1) is 10.2. The van der Waals surface area contributed by atoms with Crippen molar-refractivity contribution in [3.8, 4) is 17.1 Å². The molecule has 0 radical (unpaired) electrons. The minimum Gasteiger partial charge on any atom is -0.482 e. The Morgan fingerprint density at radius 3 is 2.71 bits per heavy atom. The van der Waals surface area contributed by atoms with Crippen LogP contribution in [0.1, 0.15) is 5.89 Å². The molecule has 6 heteroatoms. The molecule has 0 unspecified atom stereocenters.